The van der Waals surface area contributed by atoms with E-state index < -0.39 is 11.2 Å². The zero-order valence-electron chi connectivity index (χ0n) is 8.09. The van der Waals surface area contributed by atoms with Crippen molar-refractivity contribution in [2.75, 3.05) is 0 Å². The highest BCUT2D eigenvalue weighted by molar-refractivity contribution is 5.16. The van der Waals surface area contributed by atoms with Gasteiger partial charge in [-0.2, -0.15) is 0 Å². The minimum Gasteiger partial charge on any atom is -0.387 e. The van der Waals surface area contributed by atoms with Gasteiger partial charge in [0, 0.05) is 0 Å². The van der Waals surface area contributed by atoms with Crippen molar-refractivity contribution in [2.45, 2.75) is 51.2 Å². The van der Waals surface area contributed by atoms with Crippen molar-refractivity contribution in [3.05, 3.63) is 0 Å². The maximum atomic E-state index is 10.2. The lowest BCUT2D eigenvalue weighted by atomic mass is 9.44. The first-order chi connectivity index (χ1) is 5.29. The van der Waals surface area contributed by atoms with Gasteiger partial charge in [-0.1, -0.05) is 6.92 Å². The van der Waals surface area contributed by atoms with Crippen LogP contribution < -0.4 is 0 Å². The van der Waals surface area contributed by atoms with Gasteiger partial charge in [-0.25, -0.2) is 0 Å². The predicted octanol–water partition coefficient (Wildman–Crippen LogP) is 1.31. The van der Waals surface area contributed by atoms with E-state index in [4.69, 9.17) is 0 Å². The molecule has 2 bridgehead atoms. The highest BCUT2D eigenvalue weighted by Crippen LogP contribution is 2.63. The SMILES string of the molecule is CC1(O)CC2CC(C)(C2)C1(C)O. The van der Waals surface area contributed by atoms with E-state index in [1.54, 1.807) is 13.8 Å². The molecule has 2 atom stereocenters. The fourth-order valence-electron chi connectivity index (χ4n) is 3.17. The largest absolute Gasteiger partial charge is 0.387 e. The molecule has 3 rings (SSSR count). The van der Waals surface area contributed by atoms with Crippen LogP contribution in [-0.4, -0.2) is 21.4 Å². The summed E-state index contributed by atoms with van der Waals surface area (Å²) < 4.78 is 0. The molecule has 2 N–H and O–H groups in total. The Kier molecular flexibility index (Phi) is 1.33. The molecule has 0 aromatic rings. The van der Waals surface area contributed by atoms with Crippen molar-refractivity contribution < 1.29 is 10.2 Å². The van der Waals surface area contributed by atoms with E-state index in [0.717, 1.165) is 19.3 Å². The second-order valence-electron chi connectivity index (χ2n) is 5.39. The summed E-state index contributed by atoms with van der Waals surface area (Å²) in [7, 11) is 0. The smallest absolute Gasteiger partial charge is 0.0956 e. The van der Waals surface area contributed by atoms with Crippen LogP contribution in [0.1, 0.15) is 40.0 Å². The number of aliphatic hydroxyl groups is 2. The lowest BCUT2D eigenvalue weighted by Crippen LogP contribution is -2.69. The minimum absolute atomic E-state index is 0.0422. The first-order valence-corrected chi connectivity index (χ1v) is 4.73. The van der Waals surface area contributed by atoms with Crippen LogP contribution in [0, 0.1) is 11.3 Å². The number of fused-ring (bicyclic) bond motifs is 2. The van der Waals surface area contributed by atoms with Crippen LogP contribution in [0.25, 0.3) is 0 Å². The number of rotatable bonds is 0. The van der Waals surface area contributed by atoms with Gasteiger partial charge in [-0.3, -0.25) is 0 Å². The zero-order chi connectivity index (χ0) is 9.20. The Labute approximate surface area is 73.6 Å². The fourth-order valence-corrected chi connectivity index (χ4v) is 3.17. The Morgan fingerprint density at radius 1 is 1.00 bits per heavy atom. The topological polar surface area (TPSA) is 40.5 Å². The van der Waals surface area contributed by atoms with Crippen LogP contribution in [0.4, 0.5) is 0 Å². The molecule has 2 unspecified atom stereocenters. The Balaban J connectivity index is 2.35. The molecule has 0 spiro atoms. The lowest BCUT2D eigenvalue weighted by molar-refractivity contribution is -0.276. The third-order valence-electron chi connectivity index (χ3n) is 4.39. The van der Waals surface area contributed by atoms with E-state index >= 15 is 0 Å². The first-order valence-electron chi connectivity index (χ1n) is 4.73. The molecule has 2 heteroatoms. The molecule has 0 radical (unpaired) electrons. The van der Waals surface area contributed by atoms with Gasteiger partial charge < -0.3 is 10.2 Å². The van der Waals surface area contributed by atoms with Crippen LogP contribution in [0.15, 0.2) is 0 Å². The normalized spacial score (nSPS) is 64.2. The van der Waals surface area contributed by atoms with Crippen molar-refractivity contribution in [2.24, 2.45) is 11.3 Å². The summed E-state index contributed by atoms with van der Waals surface area (Å²) >= 11 is 0. The van der Waals surface area contributed by atoms with E-state index in [-0.39, 0.29) is 5.41 Å². The zero-order valence-corrected chi connectivity index (χ0v) is 8.09. The van der Waals surface area contributed by atoms with Gasteiger partial charge in [-0.05, 0) is 44.4 Å². The van der Waals surface area contributed by atoms with Gasteiger partial charge >= 0.3 is 0 Å². The Hall–Kier alpha value is -0.0800. The molecule has 12 heavy (non-hydrogen) atoms. The van der Waals surface area contributed by atoms with E-state index in [1.807, 2.05) is 0 Å². The molecule has 0 amide bonds. The second kappa shape index (κ2) is 1.88. The van der Waals surface area contributed by atoms with Gasteiger partial charge in [0.05, 0.1) is 11.2 Å². The molecule has 70 valence electrons. The van der Waals surface area contributed by atoms with Crippen molar-refractivity contribution >= 4 is 0 Å². The van der Waals surface area contributed by atoms with Gasteiger partial charge in [-0.15, -0.1) is 0 Å². The monoisotopic (exact) mass is 170 g/mol. The number of hydrogen-bond donors (Lipinski definition) is 2. The summed E-state index contributed by atoms with van der Waals surface area (Å²) in [5, 5.41) is 20.2. The predicted molar refractivity (Wildman–Crippen MR) is 46.7 cm³/mol. The van der Waals surface area contributed by atoms with E-state index in [2.05, 4.69) is 6.92 Å². The summed E-state index contributed by atoms with van der Waals surface area (Å²) in [5.74, 6) is 0.644. The standard InChI is InChI=1S/C10H18O2/c1-8-4-7(5-8)6-9(2,11)10(8,3)12/h7,11-12H,4-6H2,1-3H3. The van der Waals surface area contributed by atoms with Gasteiger partial charge in [0.2, 0.25) is 0 Å². The third kappa shape index (κ3) is 0.728. The average molecular weight is 170 g/mol. The fraction of sp³-hybridized carbons (Fsp3) is 1.00. The molecule has 3 fully saturated rings. The maximum Gasteiger partial charge on any atom is 0.0956 e. The quantitative estimate of drug-likeness (QED) is 0.575. The molecule has 0 aromatic carbocycles. The highest BCUT2D eigenvalue weighted by Gasteiger charge is 2.65. The molecule has 3 aliphatic rings. The lowest BCUT2D eigenvalue weighted by Gasteiger charge is -2.65. The van der Waals surface area contributed by atoms with Crippen LogP contribution in [0.5, 0.6) is 0 Å². The molecule has 2 nitrogen and oxygen atoms in total. The molecular formula is C10H18O2. The molecule has 3 aliphatic carbocycles. The third-order valence-corrected chi connectivity index (χ3v) is 4.39. The van der Waals surface area contributed by atoms with Gasteiger partial charge in [0.25, 0.3) is 0 Å². The molecule has 0 aliphatic heterocycles. The van der Waals surface area contributed by atoms with Crippen molar-refractivity contribution in [3.8, 4) is 0 Å². The van der Waals surface area contributed by atoms with E-state index in [1.165, 1.54) is 0 Å². The van der Waals surface area contributed by atoms with Crippen LogP contribution in [0.2, 0.25) is 0 Å². The summed E-state index contributed by atoms with van der Waals surface area (Å²) in [6.07, 6.45) is 2.92. The van der Waals surface area contributed by atoms with Crippen LogP contribution >= 0.6 is 0 Å². The second-order valence-corrected chi connectivity index (χ2v) is 5.39. The first kappa shape index (κ1) is 8.52. The van der Waals surface area contributed by atoms with Crippen LogP contribution in [0.3, 0.4) is 0 Å². The van der Waals surface area contributed by atoms with Crippen molar-refractivity contribution in [1.82, 2.24) is 0 Å². The average Bonchev–Trinajstić information content (AvgIpc) is 1.79. The Bertz CT molecular complexity index is 205. The van der Waals surface area contributed by atoms with Crippen molar-refractivity contribution in [1.29, 1.82) is 0 Å². The van der Waals surface area contributed by atoms with Crippen molar-refractivity contribution in [3.63, 3.8) is 0 Å². The molecule has 0 saturated heterocycles. The Morgan fingerprint density at radius 2 is 1.50 bits per heavy atom. The number of hydrogen-bond acceptors (Lipinski definition) is 2. The van der Waals surface area contributed by atoms with Gasteiger partial charge in [0.15, 0.2) is 0 Å². The van der Waals surface area contributed by atoms with Crippen LogP contribution in [-0.2, 0) is 0 Å². The summed E-state index contributed by atoms with van der Waals surface area (Å²) in [4.78, 5) is 0. The molecule has 0 aromatic heterocycles. The summed E-state index contributed by atoms with van der Waals surface area (Å²) in [6, 6.07) is 0. The minimum atomic E-state index is -0.908. The van der Waals surface area contributed by atoms with Gasteiger partial charge in [0.1, 0.15) is 0 Å². The van der Waals surface area contributed by atoms with E-state index in [0.29, 0.717) is 5.92 Å². The molecule has 3 saturated carbocycles. The Morgan fingerprint density at radius 3 is 1.83 bits per heavy atom. The molecule has 0 heterocycles. The van der Waals surface area contributed by atoms with E-state index in [9.17, 15) is 10.2 Å². The molecular weight excluding hydrogens is 152 g/mol. The summed E-state index contributed by atoms with van der Waals surface area (Å²) in [5.41, 5.74) is -1.84. The highest BCUT2D eigenvalue weighted by atomic mass is 16.4. The summed E-state index contributed by atoms with van der Waals surface area (Å²) in [6.45, 7) is 5.62. The maximum absolute atomic E-state index is 10.2.